The van der Waals surface area contributed by atoms with E-state index in [4.69, 9.17) is 19.2 Å². The molecule has 1 aliphatic rings. The van der Waals surface area contributed by atoms with Crippen LogP contribution in [0, 0.1) is 5.92 Å². The summed E-state index contributed by atoms with van der Waals surface area (Å²) >= 11 is 2.68. The number of nitrogens with one attached hydrogen (secondary N) is 1. The maximum atomic E-state index is 13.4. The summed E-state index contributed by atoms with van der Waals surface area (Å²) in [5.41, 5.74) is 4.38. The van der Waals surface area contributed by atoms with Crippen molar-refractivity contribution in [1.82, 2.24) is 15.2 Å². The summed E-state index contributed by atoms with van der Waals surface area (Å²) in [6, 6.07) is 15.1. The number of amides is 1. The van der Waals surface area contributed by atoms with Crippen molar-refractivity contribution >= 4 is 40.0 Å². The predicted octanol–water partition coefficient (Wildman–Crippen LogP) is 6.71. The van der Waals surface area contributed by atoms with Gasteiger partial charge in [-0.3, -0.25) is 4.79 Å². The SMILES string of the molecule is CCOC(=O)c1c(NC(=O)C(C)Sc2nnc(-c3ccc(OC)cc3)c(-c3ccc(OC)cc3)n2)sc2c1CCC(C)C2. The van der Waals surface area contributed by atoms with Crippen LogP contribution in [0.15, 0.2) is 53.7 Å². The van der Waals surface area contributed by atoms with Gasteiger partial charge in [-0.2, -0.15) is 0 Å². The fourth-order valence-electron chi connectivity index (χ4n) is 4.94. The van der Waals surface area contributed by atoms with Crippen LogP contribution >= 0.6 is 23.1 Å². The van der Waals surface area contributed by atoms with Gasteiger partial charge < -0.3 is 19.5 Å². The zero-order valence-corrected chi connectivity index (χ0v) is 26.4. The first-order chi connectivity index (χ1) is 20.8. The molecule has 2 aromatic carbocycles. The summed E-state index contributed by atoms with van der Waals surface area (Å²) in [7, 11) is 3.24. The predicted molar refractivity (Wildman–Crippen MR) is 169 cm³/mol. The zero-order chi connectivity index (χ0) is 30.5. The van der Waals surface area contributed by atoms with E-state index < -0.39 is 11.2 Å². The number of thiophene rings is 1. The third kappa shape index (κ3) is 6.83. The van der Waals surface area contributed by atoms with Gasteiger partial charge in [0, 0.05) is 16.0 Å². The lowest BCUT2D eigenvalue weighted by Crippen LogP contribution is -2.24. The molecule has 0 bridgehead atoms. The molecule has 5 rings (SSSR count). The van der Waals surface area contributed by atoms with E-state index in [0.29, 0.717) is 33.0 Å². The van der Waals surface area contributed by atoms with Crippen LogP contribution < -0.4 is 14.8 Å². The Labute approximate surface area is 259 Å². The van der Waals surface area contributed by atoms with Gasteiger partial charge in [-0.05, 0) is 93.1 Å². The van der Waals surface area contributed by atoms with Crippen LogP contribution in [0.2, 0.25) is 0 Å². The average molecular weight is 619 g/mol. The molecule has 1 amide bonds. The van der Waals surface area contributed by atoms with E-state index >= 15 is 0 Å². The van der Waals surface area contributed by atoms with Crippen molar-refractivity contribution in [3.8, 4) is 34.0 Å². The standard InChI is InChI=1S/C32H34N4O5S2/c1-6-41-31(38)26-24-16-7-18(2)17-25(24)43-30(26)34-29(37)19(3)42-32-33-27(20-8-12-22(39-4)13-9-20)28(35-36-32)21-10-14-23(40-5)15-11-21/h8-15,18-19H,6-7,16-17H2,1-5H3,(H,34,37). The number of carbonyl (C=O) groups is 2. The summed E-state index contributed by atoms with van der Waals surface area (Å²) in [5.74, 6) is 1.34. The number of fused-ring (bicyclic) bond motifs is 1. The van der Waals surface area contributed by atoms with Crippen LogP contribution in [0.5, 0.6) is 11.5 Å². The molecule has 2 heterocycles. The molecule has 0 fully saturated rings. The number of carbonyl (C=O) groups excluding carboxylic acids is 2. The second kappa shape index (κ2) is 13.6. The Hall–Kier alpha value is -3.96. The van der Waals surface area contributed by atoms with Gasteiger partial charge in [0.05, 0.1) is 31.6 Å². The molecule has 1 N–H and O–H groups in total. The van der Waals surface area contributed by atoms with Gasteiger partial charge in [-0.15, -0.1) is 21.5 Å². The molecule has 1 aliphatic carbocycles. The fourth-order valence-corrected chi connectivity index (χ4v) is 7.05. The summed E-state index contributed by atoms with van der Waals surface area (Å²) in [5, 5.41) is 12.2. The molecule has 4 aromatic rings. The topological polar surface area (TPSA) is 113 Å². The number of benzene rings is 2. The van der Waals surface area contributed by atoms with Crippen molar-refractivity contribution in [3.05, 3.63) is 64.5 Å². The van der Waals surface area contributed by atoms with Crippen LogP contribution in [-0.4, -0.2) is 53.1 Å². The Kier molecular flexibility index (Phi) is 9.62. The first kappa shape index (κ1) is 30.5. The number of nitrogens with zero attached hydrogens (tertiary/aromatic N) is 3. The highest BCUT2D eigenvalue weighted by Crippen LogP contribution is 2.40. The largest absolute Gasteiger partial charge is 0.497 e. The number of methoxy groups -OCH3 is 2. The number of hydrogen-bond acceptors (Lipinski definition) is 10. The van der Waals surface area contributed by atoms with Gasteiger partial charge >= 0.3 is 5.97 Å². The number of rotatable bonds is 10. The number of ether oxygens (including phenoxy) is 3. The summed E-state index contributed by atoms with van der Waals surface area (Å²) < 4.78 is 16.0. The molecule has 0 saturated heterocycles. The van der Waals surface area contributed by atoms with Crippen molar-refractivity contribution in [2.24, 2.45) is 5.92 Å². The molecule has 0 aliphatic heterocycles. The number of thioether (sulfide) groups is 1. The van der Waals surface area contributed by atoms with E-state index in [1.165, 1.54) is 23.1 Å². The van der Waals surface area contributed by atoms with Gasteiger partial charge in [0.2, 0.25) is 11.1 Å². The summed E-state index contributed by atoms with van der Waals surface area (Å²) in [6.45, 7) is 6.04. The molecular formula is C32H34N4O5S2. The van der Waals surface area contributed by atoms with Crippen LogP contribution in [0.1, 0.15) is 48.0 Å². The highest BCUT2D eigenvalue weighted by atomic mass is 32.2. The Morgan fingerprint density at radius 3 is 2.23 bits per heavy atom. The van der Waals surface area contributed by atoms with Gasteiger partial charge in [-0.25, -0.2) is 9.78 Å². The van der Waals surface area contributed by atoms with E-state index in [0.717, 1.165) is 52.3 Å². The zero-order valence-electron chi connectivity index (χ0n) is 24.8. The highest BCUT2D eigenvalue weighted by Gasteiger charge is 2.30. The van der Waals surface area contributed by atoms with Crippen molar-refractivity contribution < 1.29 is 23.8 Å². The first-order valence-corrected chi connectivity index (χ1v) is 15.8. The summed E-state index contributed by atoms with van der Waals surface area (Å²) in [4.78, 5) is 32.3. The summed E-state index contributed by atoms with van der Waals surface area (Å²) in [6.07, 6.45) is 2.69. The molecule has 11 heteroatoms. The third-order valence-electron chi connectivity index (χ3n) is 7.27. The Balaban J connectivity index is 1.41. The van der Waals surface area contributed by atoms with Crippen LogP contribution in [0.3, 0.4) is 0 Å². The van der Waals surface area contributed by atoms with Gasteiger partial charge in [-0.1, -0.05) is 18.7 Å². The van der Waals surface area contributed by atoms with Gasteiger partial charge in [0.15, 0.2) is 0 Å². The number of aromatic nitrogens is 3. The molecule has 224 valence electrons. The van der Waals surface area contributed by atoms with Crippen LogP contribution in [0.25, 0.3) is 22.5 Å². The lowest BCUT2D eigenvalue weighted by Gasteiger charge is -2.18. The smallest absolute Gasteiger partial charge is 0.341 e. The van der Waals surface area contributed by atoms with Crippen molar-refractivity contribution in [2.75, 3.05) is 26.1 Å². The molecule has 0 radical (unpaired) electrons. The maximum absolute atomic E-state index is 13.4. The molecule has 43 heavy (non-hydrogen) atoms. The average Bonchev–Trinajstić information content (AvgIpc) is 3.38. The Morgan fingerprint density at radius 1 is 1.00 bits per heavy atom. The monoisotopic (exact) mass is 618 g/mol. The minimum absolute atomic E-state index is 0.254. The third-order valence-corrected chi connectivity index (χ3v) is 9.39. The second-order valence-electron chi connectivity index (χ2n) is 10.3. The van der Waals surface area contributed by atoms with E-state index in [9.17, 15) is 9.59 Å². The van der Waals surface area contributed by atoms with Crippen LogP contribution in [0.4, 0.5) is 5.00 Å². The number of esters is 1. The molecule has 2 aromatic heterocycles. The molecule has 9 nitrogen and oxygen atoms in total. The quantitative estimate of drug-likeness (QED) is 0.153. The van der Waals surface area contributed by atoms with E-state index in [1.807, 2.05) is 48.5 Å². The molecular weight excluding hydrogens is 585 g/mol. The van der Waals surface area contributed by atoms with E-state index in [2.05, 4.69) is 22.4 Å². The number of anilines is 1. The van der Waals surface area contributed by atoms with E-state index in [1.54, 1.807) is 28.1 Å². The first-order valence-electron chi connectivity index (χ1n) is 14.1. The normalized spacial score (nSPS) is 14.9. The van der Waals surface area contributed by atoms with Crippen LogP contribution in [-0.2, 0) is 22.4 Å². The van der Waals surface area contributed by atoms with Crippen molar-refractivity contribution in [3.63, 3.8) is 0 Å². The highest BCUT2D eigenvalue weighted by molar-refractivity contribution is 8.00. The minimum atomic E-state index is -0.564. The molecule has 0 spiro atoms. The number of hydrogen-bond donors (Lipinski definition) is 1. The van der Waals surface area contributed by atoms with E-state index in [-0.39, 0.29) is 12.5 Å². The van der Waals surface area contributed by atoms with Gasteiger partial charge in [0.1, 0.15) is 27.9 Å². The molecule has 2 atom stereocenters. The van der Waals surface area contributed by atoms with Crippen molar-refractivity contribution in [1.29, 1.82) is 0 Å². The van der Waals surface area contributed by atoms with Crippen molar-refractivity contribution in [2.45, 2.75) is 50.4 Å². The Bertz CT molecular complexity index is 1610. The van der Waals surface area contributed by atoms with Gasteiger partial charge in [0.25, 0.3) is 0 Å². The minimum Gasteiger partial charge on any atom is -0.497 e. The molecule has 2 unspecified atom stereocenters. The fraction of sp³-hybridized carbons (Fsp3) is 0.344. The molecule has 0 saturated carbocycles. The maximum Gasteiger partial charge on any atom is 0.341 e. The lowest BCUT2D eigenvalue weighted by molar-refractivity contribution is -0.115. The Morgan fingerprint density at radius 2 is 1.63 bits per heavy atom. The lowest BCUT2D eigenvalue weighted by atomic mass is 9.88. The second-order valence-corrected chi connectivity index (χ2v) is 12.7.